The van der Waals surface area contributed by atoms with Gasteiger partial charge < -0.3 is 14.2 Å². The minimum atomic E-state index is 0.100. The van der Waals surface area contributed by atoms with Crippen LogP contribution in [0.3, 0.4) is 0 Å². The first-order chi connectivity index (χ1) is 12.8. The minimum Gasteiger partial charge on any atom is -0.375 e. The number of carbonyl (C=O) groups is 1. The fourth-order valence-electron chi connectivity index (χ4n) is 4.69. The molecule has 4 rings (SSSR count). The number of benzene rings is 1. The maximum absolute atomic E-state index is 12.8. The van der Waals surface area contributed by atoms with E-state index in [-0.39, 0.29) is 18.0 Å². The highest BCUT2D eigenvalue weighted by atomic mass is 16.5. The highest BCUT2D eigenvalue weighted by molar-refractivity contribution is 5.87. The molecule has 0 N–H and O–H groups in total. The molecule has 0 spiro atoms. The van der Waals surface area contributed by atoms with E-state index in [2.05, 4.69) is 46.9 Å². The molecule has 4 nitrogen and oxygen atoms in total. The van der Waals surface area contributed by atoms with Crippen LogP contribution in [-0.4, -0.2) is 34.6 Å². The maximum Gasteiger partial charge on any atom is 0.223 e. The number of allylic oxidation sites excluding steroid dienone is 1. The van der Waals surface area contributed by atoms with E-state index < -0.39 is 0 Å². The van der Waals surface area contributed by atoms with Gasteiger partial charge in [-0.25, -0.2) is 0 Å². The molecule has 2 aliphatic heterocycles. The average molecular weight is 350 g/mol. The van der Waals surface area contributed by atoms with Crippen molar-refractivity contribution in [3.8, 4) is 0 Å². The lowest BCUT2D eigenvalue weighted by Gasteiger charge is -2.45. The van der Waals surface area contributed by atoms with Crippen molar-refractivity contribution >= 4 is 16.8 Å². The summed E-state index contributed by atoms with van der Waals surface area (Å²) in [5.41, 5.74) is 3.92. The van der Waals surface area contributed by atoms with Crippen LogP contribution in [-0.2, 0) is 22.5 Å². The first-order valence-electron chi connectivity index (χ1n) is 9.47. The molecule has 136 valence electrons. The van der Waals surface area contributed by atoms with E-state index in [0.717, 1.165) is 25.8 Å². The summed E-state index contributed by atoms with van der Waals surface area (Å²) in [6.45, 7) is 9.52. The molecule has 26 heavy (non-hydrogen) atoms. The van der Waals surface area contributed by atoms with Crippen LogP contribution in [0.15, 0.2) is 49.6 Å². The molecular weight excluding hydrogens is 324 g/mol. The average Bonchev–Trinajstić information content (AvgIpc) is 2.97. The van der Waals surface area contributed by atoms with Gasteiger partial charge in [0.15, 0.2) is 0 Å². The molecule has 1 aromatic carbocycles. The van der Waals surface area contributed by atoms with Crippen LogP contribution in [0.25, 0.3) is 10.9 Å². The summed E-state index contributed by atoms with van der Waals surface area (Å²) in [7, 11) is 0. The molecule has 2 aromatic rings. The van der Waals surface area contributed by atoms with Gasteiger partial charge in [-0.1, -0.05) is 30.4 Å². The Hall–Kier alpha value is -2.33. The second-order valence-corrected chi connectivity index (χ2v) is 7.17. The molecule has 0 bridgehead atoms. The largest absolute Gasteiger partial charge is 0.375 e. The second-order valence-electron chi connectivity index (χ2n) is 7.17. The summed E-state index contributed by atoms with van der Waals surface area (Å²) in [6.07, 6.45) is 7.17. The van der Waals surface area contributed by atoms with Gasteiger partial charge in [0.25, 0.3) is 0 Å². The number of fused-ring (bicyclic) bond motifs is 5. The van der Waals surface area contributed by atoms with Crippen LogP contribution in [0.1, 0.15) is 36.6 Å². The van der Waals surface area contributed by atoms with E-state index in [1.54, 1.807) is 6.08 Å². The van der Waals surface area contributed by atoms with Crippen molar-refractivity contribution in [2.24, 2.45) is 0 Å². The first kappa shape index (κ1) is 17.1. The first-order valence-corrected chi connectivity index (χ1v) is 9.47. The Labute approximate surface area is 154 Å². The molecular formula is C22H26N2O2. The molecule has 1 amide bonds. The second kappa shape index (κ2) is 7.12. The van der Waals surface area contributed by atoms with Gasteiger partial charge in [0.1, 0.15) is 0 Å². The number of amides is 1. The van der Waals surface area contributed by atoms with E-state index >= 15 is 0 Å². The standard InChI is InChI=1S/C22H26N2O2/c1-3-12-23-19-9-6-5-8-17(19)18-14-16(15-26-13-4-2)24-20(22(18)23)10-7-11-21(24)25/h3-6,8-9,16,20H,1-2,7,10-15H2/t16-,20+/m0/s1. The number of carbonyl (C=O) groups excluding carboxylic acids is 1. The molecule has 1 saturated heterocycles. The highest BCUT2D eigenvalue weighted by Gasteiger charge is 2.42. The molecule has 3 heterocycles. The number of piperidine rings is 1. The summed E-state index contributed by atoms with van der Waals surface area (Å²) < 4.78 is 8.12. The Kier molecular flexibility index (Phi) is 4.68. The Morgan fingerprint density at radius 2 is 2.08 bits per heavy atom. The van der Waals surface area contributed by atoms with E-state index in [9.17, 15) is 4.79 Å². The fourth-order valence-corrected chi connectivity index (χ4v) is 4.69. The monoisotopic (exact) mass is 350 g/mol. The van der Waals surface area contributed by atoms with E-state index in [1.165, 1.54) is 22.2 Å². The maximum atomic E-state index is 12.8. The number of rotatable bonds is 6. The molecule has 0 aliphatic carbocycles. The highest BCUT2D eigenvalue weighted by Crippen LogP contribution is 2.44. The molecule has 0 radical (unpaired) electrons. The van der Waals surface area contributed by atoms with Crippen LogP contribution in [0.5, 0.6) is 0 Å². The van der Waals surface area contributed by atoms with E-state index in [1.807, 2.05) is 6.08 Å². The number of hydrogen-bond acceptors (Lipinski definition) is 2. The molecule has 2 atom stereocenters. The van der Waals surface area contributed by atoms with Crippen LogP contribution >= 0.6 is 0 Å². The zero-order valence-corrected chi connectivity index (χ0v) is 15.2. The van der Waals surface area contributed by atoms with Gasteiger partial charge in [-0.05, 0) is 30.9 Å². The lowest BCUT2D eigenvalue weighted by atomic mass is 9.86. The van der Waals surface area contributed by atoms with Crippen molar-refractivity contribution in [2.75, 3.05) is 13.2 Å². The van der Waals surface area contributed by atoms with Crippen molar-refractivity contribution in [2.45, 2.75) is 44.3 Å². The van der Waals surface area contributed by atoms with Crippen LogP contribution in [0, 0.1) is 0 Å². The minimum absolute atomic E-state index is 0.100. The third-order valence-corrected chi connectivity index (χ3v) is 5.62. The van der Waals surface area contributed by atoms with E-state index in [0.29, 0.717) is 19.6 Å². The summed E-state index contributed by atoms with van der Waals surface area (Å²) >= 11 is 0. The predicted molar refractivity (Wildman–Crippen MR) is 104 cm³/mol. The summed E-state index contributed by atoms with van der Waals surface area (Å²) in [5, 5.41) is 1.30. The van der Waals surface area contributed by atoms with Crippen LogP contribution in [0.4, 0.5) is 0 Å². The fraction of sp³-hybridized carbons (Fsp3) is 0.409. The van der Waals surface area contributed by atoms with Gasteiger partial charge in [0, 0.05) is 29.6 Å². The molecule has 1 fully saturated rings. The molecule has 2 aliphatic rings. The number of aromatic nitrogens is 1. The predicted octanol–water partition coefficient (Wildman–Crippen LogP) is 4.01. The Bertz CT molecular complexity index is 851. The summed E-state index contributed by atoms with van der Waals surface area (Å²) in [4.78, 5) is 14.9. The SMILES string of the molecule is C=CCOC[C@@H]1Cc2c(n(CC=C)c3ccccc23)[C@H]2CCCC(=O)N12. The molecule has 1 aromatic heterocycles. The number of hydrogen-bond donors (Lipinski definition) is 0. The van der Waals surface area contributed by atoms with Crippen molar-refractivity contribution < 1.29 is 9.53 Å². The van der Waals surface area contributed by atoms with Gasteiger partial charge in [0.05, 0.1) is 25.3 Å². The normalized spacial score (nSPS) is 22.2. The molecule has 0 unspecified atom stereocenters. The van der Waals surface area contributed by atoms with Gasteiger partial charge >= 0.3 is 0 Å². The van der Waals surface area contributed by atoms with E-state index in [4.69, 9.17) is 4.74 Å². The number of para-hydroxylation sites is 1. The Morgan fingerprint density at radius 3 is 2.88 bits per heavy atom. The van der Waals surface area contributed by atoms with Crippen LogP contribution < -0.4 is 0 Å². The third kappa shape index (κ3) is 2.69. The van der Waals surface area contributed by atoms with Crippen molar-refractivity contribution in [3.05, 3.63) is 60.8 Å². The Morgan fingerprint density at radius 1 is 1.23 bits per heavy atom. The molecule has 0 saturated carbocycles. The van der Waals surface area contributed by atoms with Crippen molar-refractivity contribution in [1.82, 2.24) is 9.47 Å². The van der Waals surface area contributed by atoms with Gasteiger partial charge in [-0.3, -0.25) is 4.79 Å². The zero-order valence-electron chi connectivity index (χ0n) is 15.2. The van der Waals surface area contributed by atoms with Gasteiger partial charge in [-0.2, -0.15) is 0 Å². The summed E-state index contributed by atoms with van der Waals surface area (Å²) in [6, 6.07) is 8.81. The smallest absolute Gasteiger partial charge is 0.223 e. The lowest BCUT2D eigenvalue weighted by molar-refractivity contribution is -0.142. The third-order valence-electron chi connectivity index (χ3n) is 5.62. The van der Waals surface area contributed by atoms with Crippen molar-refractivity contribution in [1.29, 1.82) is 0 Å². The lowest BCUT2D eigenvalue weighted by Crippen LogP contribution is -2.51. The van der Waals surface area contributed by atoms with Gasteiger partial charge in [0.2, 0.25) is 5.91 Å². The number of ether oxygens (including phenoxy) is 1. The summed E-state index contributed by atoms with van der Waals surface area (Å²) in [5.74, 6) is 0.259. The number of nitrogens with zero attached hydrogens (tertiary/aromatic N) is 2. The topological polar surface area (TPSA) is 34.5 Å². The van der Waals surface area contributed by atoms with Crippen LogP contribution in [0.2, 0.25) is 0 Å². The quantitative estimate of drug-likeness (QED) is 0.583. The van der Waals surface area contributed by atoms with Gasteiger partial charge in [-0.15, -0.1) is 13.2 Å². The molecule has 4 heteroatoms. The van der Waals surface area contributed by atoms with Crippen molar-refractivity contribution in [3.63, 3.8) is 0 Å². The Balaban J connectivity index is 1.84. The zero-order chi connectivity index (χ0) is 18.1.